The lowest BCUT2D eigenvalue weighted by atomic mass is 10.1. The van der Waals surface area contributed by atoms with Crippen LogP contribution in [0, 0.1) is 5.92 Å². The normalized spacial score (nSPS) is 12.2. The molecule has 12 heavy (non-hydrogen) atoms. The summed E-state index contributed by atoms with van der Waals surface area (Å²) in [6, 6.07) is 0. The number of amides is 1. The van der Waals surface area contributed by atoms with Crippen molar-refractivity contribution in [2.75, 3.05) is 6.54 Å². The van der Waals surface area contributed by atoms with Crippen LogP contribution in [-0.4, -0.2) is 23.5 Å². The highest BCUT2D eigenvalue weighted by Gasteiger charge is 2.11. The van der Waals surface area contributed by atoms with E-state index in [-0.39, 0.29) is 18.4 Å². The fourth-order valence-corrected chi connectivity index (χ4v) is 0.901. The largest absolute Gasteiger partial charge is 0.480 e. The Balaban J connectivity index is 3.64. The van der Waals surface area contributed by atoms with Crippen LogP contribution in [0.15, 0.2) is 0 Å². The molecule has 0 saturated heterocycles. The fourth-order valence-electron chi connectivity index (χ4n) is 0.901. The number of aliphatic carboxylic acids is 1. The number of hydrogen-bond donors (Lipinski definition) is 2. The molecule has 0 saturated carbocycles. The average molecular weight is 173 g/mol. The van der Waals surface area contributed by atoms with Gasteiger partial charge in [0.15, 0.2) is 0 Å². The molecule has 0 radical (unpaired) electrons. The van der Waals surface area contributed by atoms with Gasteiger partial charge in [-0.3, -0.25) is 9.59 Å². The van der Waals surface area contributed by atoms with Crippen molar-refractivity contribution in [3.05, 3.63) is 0 Å². The van der Waals surface area contributed by atoms with E-state index in [2.05, 4.69) is 5.32 Å². The lowest BCUT2D eigenvalue weighted by Crippen LogP contribution is -2.33. The van der Waals surface area contributed by atoms with Crippen molar-refractivity contribution in [1.29, 1.82) is 0 Å². The van der Waals surface area contributed by atoms with Gasteiger partial charge in [-0.1, -0.05) is 20.3 Å². The van der Waals surface area contributed by atoms with Crippen molar-refractivity contribution >= 4 is 11.9 Å². The first kappa shape index (κ1) is 10.9. The zero-order valence-electron chi connectivity index (χ0n) is 7.46. The van der Waals surface area contributed by atoms with Crippen LogP contribution in [0.2, 0.25) is 0 Å². The number of hydrogen-bond acceptors (Lipinski definition) is 2. The van der Waals surface area contributed by atoms with Crippen LogP contribution in [0.5, 0.6) is 0 Å². The van der Waals surface area contributed by atoms with E-state index in [0.29, 0.717) is 0 Å². The molecule has 0 aromatic heterocycles. The van der Waals surface area contributed by atoms with Gasteiger partial charge in [-0.25, -0.2) is 0 Å². The number of carbonyl (C=O) groups excluding carboxylic acids is 1. The summed E-state index contributed by atoms with van der Waals surface area (Å²) in [7, 11) is 0. The standard InChI is InChI=1S/C8H15NO3/c1-3-4-6(2)8(12)9-5-7(10)11/h6H,3-5H2,1-2H3,(H,9,12)(H,10,11). The molecule has 0 bridgehead atoms. The topological polar surface area (TPSA) is 66.4 Å². The number of rotatable bonds is 5. The van der Waals surface area contributed by atoms with Crippen LogP contribution >= 0.6 is 0 Å². The quantitative estimate of drug-likeness (QED) is 0.640. The van der Waals surface area contributed by atoms with Crippen LogP contribution in [0.25, 0.3) is 0 Å². The summed E-state index contributed by atoms with van der Waals surface area (Å²) < 4.78 is 0. The predicted octanol–water partition coefficient (Wildman–Crippen LogP) is 0.623. The van der Waals surface area contributed by atoms with E-state index in [4.69, 9.17) is 5.11 Å². The van der Waals surface area contributed by atoms with Gasteiger partial charge in [0, 0.05) is 5.92 Å². The molecule has 0 fully saturated rings. The van der Waals surface area contributed by atoms with E-state index in [1.165, 1.54) is 0 Å². The Morgan fingerprint density at radius 1 is 1.50 bits per heavy atom. The van der Waals surface area contributed by atoms with Crippen LogP contribution in [0.3, 0.4) is 0 Å². The third kappa shape index (κ3) is 4.71. The predicted molar refractivity (Wildman–Crippen MR) is 44.7 cm³/mol. The molecular formula is C8H15NO3. The fraction of sp³-hybridized carbons (Fsp3) is 0.750. The second-order valence-electron chi connectivity index (χ2n) is 2.80. The molecule has 4 heteroatoms. The van der Waals surface area contributed by atoms with E-state index in [0.717, 1.165) is 12.8 Å². The van der Waals surface area contributed by atoms with Gasteiger partial charge in [0.1, 0.15) is 6.54 Å². The van der Waals surface area contributed by atoms with E-state index >= 15 is 0 Å². The molecular weight excluding hydrogens is 158 g/mol. The molecule has 0 aromatic rings. The van der Waals surface area contributed by atoms with Crippen LogP contribution < -0.4 is 5.32 Å². The van der Waals surface area contributed by atoms with Crippen molar-refractivity contribution < 1.29 is 14.7 Å². The minimum Gasteiger partial charge on any atom is -0.480 e. The van der Waals surface area contributed by atoms with Gasteiger partial charge >= 0.3 is 5.97 Å². The molecule has 0 aliphatic heterocycles. The summed E-state index contributed by atoms with van der Waals surface area (Å²) >= 11 is 0. The number of carboxylic acids is 1. The van der Waals surface area contributed by atoms with E-state index in [9.17, 15) is 9.59 Å². The molecule has 4 nitrogen and oxygen atoms in total. The summed E-state index contributed by atoms with van der Waals surface area (Å²) in [4.78, 5) is 21.1. The van der Waals surface area contributed by atoms with Crippen molar-refractivity contribution in [2.45, 2.75) is 26.7 Å². The molecule has 0 aromatic carbocycles. The zero-order valence-corrected chi connectivity index (χ0v) is 7.46. The first-order valence-electron chi connectivity index (χ1n) is 4.07. The Morgan fingerprint density at radius 3 is 2.50 bits per heavy atom. The molecule has 0 heterocycles. The van der Waals surface area contributed by atoms with E-state index in [1.807, 2.05) is 6.92 Å². The third-order valence-electron chi connectivity index (χ3n) is 1.58. The Bertz CT molecular complexity index is 168. The van der Waals surface area contributed by atoms with Crippen LogP contribution in [-0.2, 0) is 9.59 Å². The van der Waals surface area contributed by atoms with Gasteiger partial charge < -0.3 is 10.4 Å². The Kier molecular flexibility index (Phi) is 5.08. The lowest BCUT2D eigenvalue weighted by Gasteiger charge is -2.08. The molecule has 1 atom stereocenters. The molecule has 0 spiro atoms. The maximum absolute atomic E-state index is 11.1. The Labute approximate surface area is 72.0 Å². The Hall–Kier alpha value is -1.06. The molecule has 0 aliphatic rings. The van der Waals surface area contributed by atoms with Gasteiger partial charge in [-0.2, -0.15) is 0 Å². The molecule has 1 unspecified atom stereocenters. The highest BCUT2D eigenvalue weighted by Crippen LogP contribution is 2.03. The summed E-state index contributed by atoms with van der Waals surface area (Å²) in [5, 5.41) is 10.6. The molecule has 0 rings (SSSR count). The van der Waals surface area contributed by atoms with Crippen LogP contribution in [0.1, 0.15) is 26.7 Å². The molecule has 2 N–H and O–H groups in total. The number of carbonyl (C=O) groups is 2. The monoisotopic (exact) mass is 173 g/mol. The first-order valence-corrected chi connectivity index (χ1v) is 4.07. The first-order chi connectivity index (χ1) is 5.57. The zero-order chi connectivity index (χ0) is 9.56. The van der Waals surface area contributed by atoms with Crippen molar-refractivity contribution in [2.24, 2.45) is 5.92 Å². The average Bonchev–Trinajstić information content (AvgIpc) is 2.00. The molecule has 70 valence electrons. The van der Waals surface area contributed by atoms with Gasteiger partial charge in [0.2, 0.25) is 5.91 Å². The summed E-state index contributed by atoms with van der Waals surface area (Å²) in [6.45, 7) is 3.49. The van der Waals surface area contributed by atoms with Crippen molar-refractivity contribution in [1.82, 2.24) is 5.32 Å². The molecule has 1 amide bonds. The maximum Gasteiger partial charge on any atom is 0.322 e. The van der Waals surface area contributed by atoms with Gasteiger partial charge in [0.05, 0.1) is 0 Å². The van der Waals surface area contributed by atoms with Gasteiger partial charge in [-0.05, 0) is 6.42 Å². The third-order valence-corrected chi connectivity index (χ3v) is 1.58. The van der Waals surface area contributed by atoms with E-state index < -0.39 is 5.97 Å². The Morgan fingerprint density at radius 2 is 2.08 bits per heavy atom. The summed E-state index contributed by atoms with van der Waals surface area (Å²) in [5.74, 6) is -1.28. The second kappa shape index (κ2) is 5.57. The van der Waals surface area contributed by atoms with Gasteiger partial charge in [-0.15, -0.1) is 0 Å². The highest BCUT2D eigenvalue weighted by atomic mass is 16.4. The van der Waals surface area contributed by atoms with Crippen LogP contribution in [0.4, 0.5) is 0 Å². The summed E-state index contributed by atoms with van der Waals surface area (Å²) in [6.07, 6.45) is 1.73. The van der Waals surface area contributed by atoms with Crippen molar-refractivity contribution in [3.63, 3.8) is 0 Å². The SMILES string of the molecule is CCCC(C)C(=O)NCC(=O)O. The highest BCUT2D eigenvalue weighted by molar-refractivity contribution is 5.82. The second-order valence-corrected chi connectivity index (χ2v) is 2.80. The lowest BCUT2D eigenvalue weighted by molar-refractivity contribution is -0.138. The van der Waals surface area contributed by atoms with Crippen molar-refractivity contribution in [3.8, 4) is 0 Å². The summed E-state index contributed by atoms with van der Waals surface area (Å²) in [5.41, 5.74) is 0. The number of nitrogens with one attached hydrogen (secondary N) is 1. The van der Waals surface area contributed by atoms with Gasteiger partial charge in [0.25, 0.3) is 0 Å². The minimum absolute atomic E-state index is 0.0886. The maximum atomic E-state index is 11.1. The van der Waals surface area contributed by atoms with E-state index in [1.54, 1.807) is 6.92 Å². The molecule has 0 aliphatic carbocycles. The smallest absolute Gasteiger partial charge is 0.322 e. The minimum atomic E-state index is -1.01. The number of carboxylic acid groups (broad SMARTS) is 1.